The van der Waals surface area contributed by atoms with Crippen LogP contribution in [0, 0.1) is 0 Å². The number of hydrogen-bond acceptors (Lipinski definition) is 3. The molecule has 2 N–H and O–H groups in total. The van der Waals surface area contributed by atoms with E-state index in [2.05, 4.69) is 5.32 Å². The lowest BCUT2D eigenvalue weighted by Gasteiger charge is -2.21. The predicted molar refractivity (Wildman–Crippen MR) is 68.8 cm³/mol. The van der Waals surface area contributed by atoms with Gasteiger partial charge in [-0.3, -0.25) is 9.69 Å². The van der Waals surface area contributed by atoms with Gasteiger partial charge in [-0.2, -0.15) is 0 Å². The highest BCUT2D eigenvalue weighted by molar-refractivity contribution is 5.78. The molecule has 4 heteroatoms. The molecule has 0 bridgehead atoms. The first kappa shape index (κ1) is 14.5. The quantitative estimate of drug-likeness (QED) is 0.687. The Labute approximate surface area is 104 Å². The monoisotopic (exact) mass is 242 g/mol. The molecule has 0 aromatic carbocycles. The summed E-state index contributed by atoms with van der Waals surface area (Å²) in [5.74, 6) is 0.104. The maximum Gasteiger partial charge on any atom is 0.234 e. The number of amides is 1. The molecule has 4 nitrogen and oxygen atoms in total. The van der Waals surface area contributed by atoms with E-state index in [1.54, 1.807) is 0 Å². The molecule has 1 rings (SSSR count). The topological polar surface area (TPSA) is 52.6 Å². The van der Waals surface area contributed by atoms with Gasteiger partial charge in [0.1, 0.15) is 0 Å². The molecular formula is C13H26N2O2. The molecule has 0 radical (unpaired) electrons. The van der Waals surface area contributed by atoms with Crippen molar-refractivity contribution < 1.29 is 9.90 Å². The van der Waals surface area contributed by atoms with Gasteiger partial charge < -0.3 is 10.4 Å². The van der Waals surface area contributed by atoms with Crippen LogP contribution in [0.15, 0.2) is 0 Å². The number of carbonyl (C=O) groups excluding carboxylic acids is 1. The van der Waals surface area contributed by atoms with E-state index >= 15 is 0 Å². The maximum atomic E-state index is 11.8. The van der Waals surface area contributed by atoms with Gasteiger partial charge in [0, 0.05) is 12.6 Å². The number of hydrogen-bond donors (Lipinski definition) is 2. The van der Waals surface area contributed by atoms with Crippen molar-refractivity contribution in [2.45, 2.75) is 51.5 Å². The van der Waals surface area contributed by atoms with Crippen molar-refractivity contribution in [3.05, 3.63) is 0 Å². The third-order valence-corrected chi connectivity index (χ3v) is 3.45. The summed E-state index contributed by atoms with van der Waals surface area (Å²) in [5.41, 5.74) is 0. The lowest BCUT2D eigenvalue weighted by molar-refractivity contribution is -0.123. The first-order valence-corrected chi connectivity index (χ1v) is 6.88. The van der Waals surface area contributed by atoms with Gasteiger partial charge in [0.05, 0.1) is 13.2 Å². The van der Waals surface area contributed by atoms with E-state index in [9.17, 15) is 4.79 Å². The molecule has 1 aliphatic carbocycles. The molecule has 100 valence electrons. The molecule has 0 heterocycles. The number of rotatable bonds is 6. The number of likely N-dealkylation sites (N-methyl/N-ethyl adjacent to an activating group) is 1. The molecule has 0 unspecified atom stereocenters. The fourth-order valence-corrected chi connectivity index (χ4v) is 2.39. The average Bonchev–Trinajstić information content (AvgIpc) is 2.57. The summed E-state index contributed by atoms with van der Waals surface area (Å²) < 4.78 is 0. The second-order valence-electron chi connectivity index (χ2n) is 4.85. The fraction of sp³-hybridized carbons (Fsp3) is 0.923. The van der Waals surface area contributed by atoms with Gasteiger partial charge in [-0.1, -0.05) is 32.6 Å². The number of nitrogens with zero attached hydrogens (tertiary/aromatic N) is 1. The van der Waals surface area contributed by atoms with Crippen LogP contribution >= 0.6 is 0 Å². The van der Waals surface area contributed by atoms with Crippen LogP contribution in [0.3, 0.4) is 0 Å². The Morgan fingerprint density at radius 3 is 2.47 bits per heavy atom. The zero-order valence-corrected chi connectivity index (χ0v) is 11.0. The first-order chi connectivity index (χ1) is 8.26. The highest BCUT2D eigenvalue weighted by Gasteiger charge is 2.15. The van der Waals surface area contributed by atoms with E-state index < -0.39 is 0 Å². The molecule has 1 saturated carbocycles. The van der Waals surface area contributed by atoms with Crippen molar-refractivity contribution in [1.82, 2.24) is 10.2 Å². The Balaban J connectivity index is 2.26. The Kier molecular flexibility index (Phi) is 7.21. The van der Waals surface area contributed by atoms with Crippen LogP contribution in [0.4, 0.5) is 0 Å². The zero-order chi connectivity index (χ0) is 12.5. The Bertz CT molecular complexity index is 213. The van der Waals surface area contributed by atoms with Crippen LogP contribution in [-0.2, 0) is 4.79 Å². The van der Waals surface area contributed by atoms with Gasteiger partial charge in [0.2, 0.25) is 5.91 Å². The number of carbonyl (C=O) groups is 1. The van der Waals surface area contributed by atoms with Crippen molar-refractivity contribution in [3.8, 4) is 0 Å². The van der Waals surface area contributed by atoms with Crippen LogP contribution in [0.25, 0.3) is 0 Å². The van der Waals surface area contributed by atoms with Crippen LogP contribution in [-0.4, -0.2) is 48.2 Å². The van der Waals surface area contributed by atoms with E-state index in [1.165, 1.54) is 25.7 Å². The molecule has 0 atom stereocenters. The smallest absolute Gasteiger partial charge is 0.234 e. The van der Waals surface area contributed by atoms with Crippen LogP contribution < -0.4 is 5.32 Å². The largest absolute Gasteiger partial charge is 0.395 e. The van der Waals surface area contributed by atoms with Crippen molar-refractivity contribution >= 4 is 5.91 Å². The molecule has 17 heavy (non-hydrogen) atoms. The van der Waals surface area contributed by atoms with E-state index in [0.717, 1.165) is 19.4 Å². The minimum Gasteiger partial charge on any atom is -0.395 e. The zero-order valence-electron chi connectivity index (χ0n) is 11.0. The van der Waals surface area contributed by atoms with E-state index in [4.69, 9.17) is 5.11 Å². The molecule has 1 amide bonds. The average molecular weight is 242 g/mol. The minimum absolute atomic E-state index is 0.104. The summed E-state index contributed by atoms with van der Waals surface area (Å²) in [7, 11) is 0. The number of aliphatic hydroxyl groups excluding tert-OH is 1. The number of nitrogens with one attached hydrogen (secondary N) is 1. The van der Waals surface area contributed by atoms with Crippen molar-refractivity contribution in [2.75, 3.05) is 26.2 Å². The van der Waals surface area contributed by atoms with Crippen molar-refractivity contribution in [2.24, 2.45) is 0 Å². The second kappa shape index (κ2) is 8.48. The summed E-state index contributed by atoms with van der Waals surface area (Å²) >= 11 is 0. The molecule has 0 saturated heterocycles. The van der Waals surface area contributed by atoms with Crippen molar-refractivity contribution in [3.63, 3.8) is 0 Å². The van der Waals surface area contributed by atoms with Gasteiger partial charge in [0.15, 0.2) is 0 Å². The Morgan fingerprint density at radius 2 is 1.94 bits per heavy atom. The fourth-order valence-electron chi connectivity index (χ4n) is 2.39. The third kappa shape index (κ3) is 6.03. The molecular weight excluding hydrogens is 216 g/mol. The Hall–Kier alpha value is -0.610. The highest BCUT2D eigenvalue weighted by Crippen LogP contribution is 2.17. The summed E-state index contributed by atoms with van der Waals surface area (Å²) in [6.45, 7) is 3.92. The number of aliphatic hydroxyl groups is 1. The maximum absolute atomic E-state index is 11.8. The van der Waals surface area contributed by atoms with Gasteiger partial charge >= 0.3 is 0 Å². The van der Waals surface area contributed by atoms with Gasteiger partial charge in [-0.25, -0.2) is 0 Å². The molecule has 1 fully saturated rings. The minimum atomic E-state index is 0.104. The summed E-state index contributed by atoms with van der Waals surface area (Å²) in [4.78, 5) is 13.8. The molecule has 0 aromatic heterocycles. The predicted octanol–water partition coefficient (Wildman–Crippen LogP) is 1.14. The lowest BCUT2D eigenvalue weighted by atomic mass is 10.1. The van der Waals surface area contributed by atoms with E-state index in [0.29, 0.717) is 19.1 Å². The standard InChI is InChI=1S/C13H26N2O2/c1-2-15(9-10-16)11-13(17)14-12-7-5-3-4-6-8-12/h12,16H,2-11H2,1H3,(H,14,17). The lowest BCUT2D eigenvalue weighted by Crippen LogP contribution is -2.42. The van der Waals surface area contributed by atoms with Gasteiger partial charge in [0.25, 0.3) is 0 Å². The van der Waals surface area contributed by atoms with Gasteiger partial charge in [-0.05, 0) is 19.4 Å². The first-order valence-electron chi connectivity index (χ1n) is 6.88. The molecule has 0 spiro atoms. The highest BCUT2D eigenvalue weighted by atomic mass is 16.3. The SMILES string of the molecule is CCN(CCO)CC(=O)NC1CCCCCC1. The second-order valence-corrected chi connectivity index (χ2v) is 4.85. The normalized spacial score (nSPS) is 18.1. The van der Waals surface area contributed by atoms with Crippen LogP contribution in [0.5, 0.6) is 0 Å². The molecule has 0 aliphatic heterocycles. The summed E-state index contributed by atoms with van der Waals surface area (Å²) in [6, 6.07) is 0.373. The summed E-state index contributed by atoms with van der Waals surface area (Å²) in [5, 5.41) is 12.0. The Morgan fingerprint density at radius 1 is 1.29 bits per heavy atom. The molecule has 0 aromatic rings. The van der Waals surface area contributed by atoms with Crippen LogP contribution in [0.2, 0.25) is 0 Å². The summed E-state index contributed by atoms with van der Waals surface area (Å²) in [6.07, 6.45) is 7.32. The third-order valence-electron chi connectivity index (χ3n) is 3.45. The van der Waals surface area contributed by atoms with E-state index in [-0.39, 0.29) is 12.5 Å². The van der Waals surface area contributed by atoms with Crippen LogP contribution in [0.1, 0.15) is 45.4 Å². The van der Waals surface area contributed by atoms with Gasteiger partial charge in [-0.15, -0.1) is 0 Å². The molecule has 1 aliphatic rings. The van der Waals surface area contributed by atoms with E-state index in [1.807, 2.05) is 11.8 Å². The van der Waals surface area contributed by atoms with Crippen molar-refractivity contribution in [1.29, 1.82) is 0 Å².